The Kier molecular flexibility index (Phi) is 3.87. The largest absolute Gasteiger partial charge is 0.338 e. The molecule has 1 aliphatic heterocycles. The highest BCUT2D eigenvalue weighted by Gasteiger charge is 2.40. The van der Waals surface area contributed by atoms with Gasteiger partial charge < -0.3 is 10.6 Å². The number of hydrogen-bond acceptors (Lipinski definition) is 4. The van der Waals surface area contributed by atoms with Crippen LogP contribution in [0.15, 0.2) is 18.2 Å². The number of nitro groups is 1. The number of nitro benzene ring substituents is 1. The Bertz CT molecular complexity index is 617. The molecule has 1 saturated carbocycles. The fourth-order valence-corrected chi connectivity index (χ4v) is 3.85. The number of hydrogen-bond donors (Lipinski definition) is 1. The minimum absolute atomic E-state index is 0.0196. The van der Waals surface area contributed by atoms with E-state index in [1.165, 1.54) is 12.1 Å². The molecule has 6 heteroatoms. The van der Waals surface area contributed by atoms with Gasteiger partial charge >= 0.3 is 0 Å². The van der Waals surface area contributed by atoms with Crippen LogP contribution in [0.1, 0.15) is 35.2 Å². The second-order valence-electron chi connectivity index (χ2n) is 6.49. The number of amides is 1. The Morgan fingerprint density at radius 1 is 1.36 bits per heavy atom. The lowest BCUT2D eigenvalue weighted by Gasteiger charge is -2.29. The van der Waals surface area contributed by atoms with Crippen molar-refractivity contribution in [3.8, 4) is 0 Å². The van der Waals surface area contributed by atoms with Crippen molar-refractivity contribution >= 4 is 11.6 Å². The standard InChI is InChI=1S/C16H21N3O3/c1-10-7-12(19(21)22)5-6-13(10)16(20)18-8-11-3-2-4-15(17)14(11)9-18/h5-7,11,14-15H,2-4,8-9,17H2,1H3. The maximum atomic E-state index is 12.7. The van der Waals surface area contributed by atoms with Crippen molar-refractivity contribution in [3.63, 3.8) is 0 Å². The molecule has 1 aromatic carbocycles. The lowest BCUT2D eigenvalue weighted by Crippen LogP contribution is -2.38. The van der Waals surface area contributed by atoms with E-state index in [0.717, 1.165) is 25.8 Å². The van der Waals surface area contributed by atoms with Crippen molar-refractivity contribution in [1.82, 2.24) is 4.90 Å². The highest BCUT2D eigenvalue weighted by atomic mass is 16.6. The van der Waals surface area contributed by atoms with Crippen molar-refractivity contribution in [2.24, 2.45) is 17.6 Å². The molecule has 2 fully saturated rings. The molecule has 3 rings (SSSR count). The smallest absolute Gasteiger partial charge is 0.269 e. The van der Waals surface area contributed by atoms with E-state index in [-0.39, 0.29) is 17.6 Å². The Morgan fingerprint density at radius 3 is 2.77 bits per heavy atom. The first-order valence-electron chi connectivity index (χ1n) is 7.77. The van der Waals surface area contributed by atoms with E-state index in [0.29, 0.717) is 29.5 Å². The molecule has 0 bridgehead atoms. The van der Waals surface area contributed by atoms with Crippen molar-refractivity contribution in [3.05, 3.63) is 39.4 Å². The molecule has 1 heterocycles. The summed E-state index contributed by atoms with van der Waals surface area (Å²) in [6, 6.07) is 4.61. The molecule has 0 radical (unpaired) electrons. The van der Waals surface area contributed by atoms with Crippen LogP contribution in [0.2, 0.25) is 0 Å². The molecule has 1 aromatic rings. The molecule has 6 nitrogen and oxygen atoms in total. The van der Waals surface area contributed by atoms with Crippen LogP contribution in [0, 0.1) is 28.9 Å². The van der Waals surface area contributed by atoms with Gasteiger partial charge in [-0.15, -0.1) is 0 Å². The van der Waals surface area contributed by atoms with Gasteiger partial charge in [0, 0.05) is 36.8 Å². The summed E-state index contributed by atoms with van der Waals surface area (Å²) in [5.41, 5.74) is 7.42. The normalized spacial score (nSPS) is 27.5. The lowest BCUT2D eigenvalue weighted by atomic mass is 9.78. The number of likely N-dealkylation sites (tertiary alicyclic amines) is 1. The summed E-state index contributed by atoms with van der Waals surface area (Å²) in [5, 5.41) is 10.8. The SMILES string of the molecule is Cc1cc([N+](=O)[O-])ccc1C(=O)N1CC2CCCC(N)C2C1. The minimum atomic E-state index is -0.440. The second-order valence-corrected chi connectivity index (χ2v) is 6.49. The molecule has 0 aromatic heterocycles. The Balaban J connectivity index is 1.79. The summed E-state index contributed by atoms with van der Waals surface area (Å²) >= 11 is 0. The van der Waals surface area contributed by atoms with Crippen molar-refractivity contribution in [2.45, 2.75) is 32.2 Å². The summed E-state index contributed by atoms with van der Waals surface area (Å²) < 4.78 is 0. The van der Waals surface area contributed by atoms with Crippen molar-refractivity contribution < 1.29 is 9.72 Å². The maximum absolute atomic E-state index is 12.7. The molecule has 3 atom stereocenters. The van der Waals surface area contributed by atoms with Gasteiger partial charge in [0.25, 0.3) is 11.6 Å². The van der Waals surface area contributed by atoms with Gasteiger partial charge in [-0.05, 0) is 43.2 Å². The van der Waals surface area contributed by atoms with Gasteiger partial charge in [-0.2, -0.15) is 0 Å². The van der Waals surface area contributed by atoms with E-state index in [9.17, 15) is 14.9 Å². The zero-order chi connectivity index (χ0) is 15.9. The zero-order valence-corrected chi connectivity index (χ0v) is 12.7. The molecular formula is C16H21N3O3. The van der Waals surface area contributed by atoms with Gasteiger partial charge in [0.1, 0.15) is 0 Å². The average molecular weight is 303 g/mol. The average Bonchev–Trinajstić information content (AvgIpc) is 2.92. The van der Waals surface area contributed by atoms with Gasteiger partial charge in [-0.3, -0.25) is 14.9 Å². The first-order valence-corrected chi connectivity index (χ1v) is 7.77. The monoisotopic (exact) mass is 303 g/mol. The van der Waals surface area contributed by atoms with Crippen LogP contribution in [0.5, 0.6) is 0 Å². The number of nitrogens with zero attached hydrogens (tertiary/aromatic N) is 2. The van der Waals surface area contributed by atoms with Crippen LogP contribution in [-0.2, 0) is 0 Å². The third kappa shape index (κ3) is 2.59. The van der Waals surface area contributed by atoms with Crippen LogP contribution in [0.4, 0.5) is 5.69 Å². The number of nitrogens with two attached hydrogens (primary N) is 1. The molecule has 1 amide bonds. The van der Waals surface area contributed by atoms with Gasteiger partial charge in [0.2, 0.25) is 0 Å². The van der Waals surface area contributed by atoms with E-state index in [2.05, 4.69) is 0 Å². The van der Waals surface area contributed by atoms with Crippen molar-refractivity contribution in [2.75, 3.05) is 13.1 Å². The summed E-state index contributed by atoms with van der Waals surface area (Å²) in [7, 11) is 0. The van der Waals surface area contributed by atoms with Crippen LogP contribution in [0.3, 0.4) is 0 Å². The number of carbonyl (C=O) groups is 1. The molecule has 3 unspecified atom stereocenters. The molecular weight excluding hydrogens is 282 g/mol. The summed E-state index contributed by atoms with van der Waals surface area (Å²) in [6.07, 6.45) is 3.32. The van der Waals surface area contributed by atoms with Crippen LogP contribution >= 0.6 is 0 Å². The first kappa shape index (κ1) is 15.0. The number of rotatable bonds is 2. The summed E-state index contributed by atoms with van der Waals surface area (Å²) in [4.78, 5) is 24.9. The van der Waals surface area contributed by atoms with Gasteiger partial charge in [-0.25, -0.2) is 0 Å². The third-order valence-corrected chi connectivity index (χ3v) is 5.09. The Labute approximate surface area is 129 Å². The van der Waals surface area contributed by atoms with E-state index in [1.807, 2.05) is 4.90 Å². The van der Waals surface area contributed by atoms with Gasteiger partial charge in [0.05, 0.1) is 4.92 Å². The summed E-state index contributed by atoms with van der Waals surface area (Å²) in [5.74, 6) is 0.871. The molecule has 1 aliphatic carbocycles. The topological polar surface area (TPSA) is 89.5 Å². The van der Waals surface area contributed by atoms with Crippen molar-refractivity contribution in [1.29, 1.82) is 0 Å². The zero-order valence-electron chi connectivity index (χ0n) is 12.7. The quantitative estimate of drug-likeness (QED) is 0.669. The fraction of sp³-hybridized carbons (Fsp3) is 0.562. The minimum Gasteiger partial charge on any atom is -0.338 e. The molecule has 1 saturated heterocycles. The predicted octanol–water partition coefficient (Wildman–Crippen LogP) is 2.10. The van der Waals surface area contributed by atoms with Gasteiger partial charge in [-0.1, -0.05) is 6.42 Å². The Hall–Kier alpha value is -1.95. The number of aryl methyl sites for hydroxylation is 1. The van der Waals surface area contributed by atoms with E-state index < -0.39 is 4.92 Å². The third-order valence-electron chi connectivity index (χ3n) is 5.09. The first-order chi connectivity index (χ1) is 10.5. The van der Waals surface area contributed by atoms with E-state index in [1.54, 1.807) is 13.0 Å². The molecule has 2 N–H and O–H groups in total. The predicted molar refractivity (Wildman–Crippen MR) is 82.5 cm³/mol. The maximum Gasteiger partial charge on any atom is 0.269 e. The second kappa shape index (κ2) is 5.68. The molecule has 0 spiro atoms. The highest BCUT2D eigenvalue weighted by Crippen LogP contribution is 2.36. The Morgan fingerprint density at radius 2 is 2.14 bits per heavy atom. The van der Waals surface area contributed by atoms with Crippen LogP contribution in [0.25, 0.3) is 0 Å². The molecule has 22 heavy (non-hydrogen) atoms. The highest BCUT2D eigenvalue weighted by molar-refractivity contribution is 5.96. The fourth-order valence-electron chi connectivity index (χ4n) is 3.85. The lowest BCUT2D eigenvalue weighted by molar-refractivity contribution is -0.384. The molecule has 2 aliphatic rings. The van der Waals surface area contributed by atoms with E-state index in [4.69, 9.17) is 5.73 Å². The number of non-ortho nitro benzene ring substituents is 1. The summed E-state index contributed by atoms with van der Waals surface area (Å²) in [6.45, 7) is 3.21. The van der Waals surface area contributed by atoms with Crippen LogP contribution < -0.4 is 5.73 Å². The van der Waals surface area contributed by atoms with Gasteiger partial charge in [0.15, 0.2) is 0 Å². The number of fused-ring (bicyclic) bond motifs is 1. The molecule has 118 valence electrons. The number of benzene rings is 1. The number of carbonyl (C=O) groups excluding carboxylic acids is 1. The van der Waals surface area contributed by atoms with E-state index >= 15 is 0 Å². The van der Waals surface area contributed by atoms with Crippen LogP contribution in [-0.4, -0.2) is 34.9 Å².